The molecule has 1 fully saturated rings. The van der Waals surface area contributed by atoms with Crippen molar-refractivity contribution in [3.8, 4) is 0 Å². The van der Waals surface area contributed by atoms with E-state index in [-0.39, 0.29) is 5.76 Å². The number of rotatable bonds is 4. The number of hydrogen-bond donors (Lipinski definition) is 4. The summed E-state index contributed by atoms with van der Waals surface area (Å²) in [5.74, 6) is -0.433. The predicted octanol–water partition coefficient (Wildman–Crippen LogP) is -1.59. The molecule has 1 aromatic rings. The van der Waals surface area contributed by atoms with E-state index in [2.05, 4.69) is 4.99 Å². The fourth-order valence-corrected chi connectivity index (χ4v) is 1.91. The van der Waals surface area contributed by atoms with E-state index in [0.29, 0.717) is 0 Å². The van der Waals surface area contributed by atoms with Gasteiger partial charge in [-0.1, -0.05) is 0 Å². The van der Waals surface area contributed by atoms with E-state index in [4.69, 9.17) is 14.3 Å². The zero-order valence-corrected chi connectivity index (χ0v) is 10.6. The lowest BCUT2D eigenvalue weighted by atomic mass is 9.97. The predicted molar refractivity (Wildman–Crippen MR) is 66.7 cm³/mol. The summed E-state index contributed by atoms with van der Waals surface area (Å²) >= 11 is 0. The third-order valence-electron chi connectivity index (χ3n) is 3.03. The number of furan rings is 1. The Labute approximate surface area is 118 Å². The average Bonchev–Trinajstić information content (AvgIpc) is 2.91. The van der Waals surface area contributed by atoms with Crippen molar-refractivity contribution >= 4 is 12.1 Å². The second-order valence-corrected chi connectivity index (χ2v) is 4.43. The van der Waals surface area contributed by atoms with Gasteiger partial charge in [-0.2, -0.15) is 0 Å². The summed E-state index contributed by atoms with van der Waals surface area (Å²) in [6.45, 7) is -0.573. The molecule has 0 amide bonds. The van der Waals surface area contributed by atoms with Gasteiger partial charge in [0, 0.05) is 0 Å². The molecule has 1 saturated heterocycles. The highest BCUT2D eigenvalue weighted by Gasteiger charge is 2.43. The first-order valence-corrected chi connectivity index (χ1v) is 6.02. The summed E-state index contributed by atoms with van der Waals surface area (Å²) in [7, 11) is 0. The summed E-state index contributed by atoms with van der Waals surface area (Å²) in [5, 5.41) is 48.5. The summed E-state index contributed by atoms with van der Waals surface area (Å²) in [4.78, 5) is 13.5. The second kappa shape index (κ2) is 6.28. The van der Waals surface area contributed by atoms with Crippen LogP contribution in [0.1, 0.15) is 5.76 Å². The Morgan fingerprint density at radius 2 is 2.05 bits per heavy atom. The first-order valence-electron chi connectivity index (χ1n) is 6.02. The van der Waals surface area contributed by atoms with Crippen molar-refractivity contribution in [2.24, 2.45) is 4.99 Å². The molecule has 2 rings (SSSR count). The molecule has 0 saturated carbocycles. The quantitative estimate of drug-likeness (QED) is 0.294. The average molecular weight is 302 g/mol. The third-order valence-corrected chi connectivity index (χ3v) is 3.03. The van der Waals surface area contributed by atoms with Crippen molar-refractivity contribution in [2.75, 3.05) is 6.61 Å². The maximum atomic E-state index is 10.4. The molecule has 5 atom stereocenters. The molecule has 10 nitrogen and oxygen atoms in total. The van der Waals surface area contributed by atoms with Gasteiger partial charge in [0.25, 0.3) is 0 Å². The van der Waals surface area contributed by atoms with Gasteiger partial charge in [-0.15, -0.1) is 0 Å². The number of aliphatic imine (C=N–C) groups is 1. The van der Waals surface area contributed by atoms with Crippen molar-refractivity contribution in [1.82, 2.24) is 0 Å². The van der Waals surface area contributed by atoms with Crippen LogP contribution in [-0.2, 0) is 4.74 Å². The maximum Gasteiger partial charge on any atom is 0.433 e. The van der Waals surface area contributed by atoms with Gasteiger partial charge in [-0.3, -0.25) is 15.1 Å². The van der Waals surface area contributed by atoms with Gasteiger partial charge in [0.15, 0.2) is 12.1 Å². The Morgan fingerprint density at radius 3 is 2.62 bits per heavy atom. The Balaban J connectivity index is 2.10. The van der Waals surface area contributed by atoms with Crippen LogP contribution < -0.4 is 0 Å². The highest BCUT2D eigenvalue weighted by molar-refractivity contribution is 5.76. The van der Waals surface area contributed by atoms with Gasteiger partial charge in [-0.05, 0) is 6.07 Å². The Kier molecular flexibility index (Phi) is 4.65. The molecular weight excluding hydrogens is 288 g/mol. The summed E-state index contributed by atoms with van der Waals surface area (Å²) in [5.41, 5.74) is 0. The third kappa shape index (κ3) is 3.25. The van der Waals surface area contributed by atoms with E-state index < -0.39 is 48.1 Å². The lowest BCUT2D eigenvalue weighted by molar-refractivity contribution is -0.402. The topological polar surface area (TPSA) is 159 Å². The van der Waals surface area contributed by atoms with E-state index in [1.165, 1.54) is 6.07 Å². The molecule has 0 bridgehead atoms. The smallest absolute Gasteiger partial charge is 0.400 e. The van der Waals surface area contributed by atoms with Crippen LogP contribution >= 0.6 is 0 Å². The number of aliphatic hydroxyl groups excluding tert-OH is 4. The Morgan fingerprint density at radius 1 is 1.33 bits per heavy atom. The lowest BCUT2D eigenvalue weighted by Gasteiger charge is -2.38. The summed E-state index contributed by atoms with van der Waals surface area (Å²) < 4.78 is 9.73. The van der Waals surface area contributed by atoms with Gasteiger partial charge < -0.3 is 29.6 Å². The normalized spacial score (nSPS) is 33.4. The van der Waals surface area contributed by atoms with Gasteiger partial charge in [0.05, 0.1) is 18.9 Å². The number of hydrogen-bond acceptors (Lipinski definition) is 9. The van der Waals surface area contributed by atoms with Crippen molar-refractivity contribution in [1.29, 1.82) is 0 Å². The largest absolute Gasteiger partial charge is 0.433 e. The van der Waals surface area contributed by atoms with Crippen LogP contribution in [0, 0.1) is 10.1 Å². The number of ether oxygens (including phenoxy) is 1. The molecular formula is C11H14N2O8. The fraction of sp³-hybridized carbons (Fsp3) is 0.545. The van der Waals surface area contributed by atoms with Crippen LogP contribution in [0.4, 0.5) is 5.88 Å². The molecule has 2 heterocycles. The molecule has 0 spiro atoms. The zero-order valence-electron chi connectivity index (χ0n) is 10.6. The monoisotopic (exact) mass is 302 g/mol. The number of aliphatic hydroxyl groups is 4. The van der Waals surface area contributed by atoms with E-state index in [0.717, 1.165) is 12.3 Å². The number of nitrogens with zero attached hydrogens (tertiary/aromatic N) is 2. The molecule has 0 unspecified atom stereocenters. The Hall–Kier alpha value is -1.85. The minimum absolute atomic E-state index is 0.0415. The van der Waals surface area contributed by atoms with E-state index >= 15 is 0 Å². The number of nitro groups is 1. The lowest BCUT2D eigenvalue weighted by Crippen LogP contribution is -2.57. The van der Waals surface area contributed by atoms with Crippen molar-refractivity contribution in [2.45, 2.75) is 30.6 Å². The highest BCUT2D eigenvalue weighted by atomic mass is 16.6. The molecule has 4 N–H and O–H groups in total. The summed E-state index contributed by atoms with van der Waals surface area (Å²) in [6, 6.07) is 1.20. The van der Waals surface area contributed by atoms with Crippen LogP contribution in [0.25, 0.3) is 0 Å². The first kappa shape index (κ1) is 15.5. The molecule has 116 valence electrons. The standard InChI is InChI=1S/C11H14N2O8/c14-4-6-9(15)10(16)8(11(17)21-6)12-3-5-1-2-7(20-5)13(18)19/h1-3,6,8-11,14-17H,4H2/t6-,8-,9-,10-,11+/m1/s1. The van der Waals surface area contributed by atoms with E-state index in [1.54, 1.807) is 0 Å². The van der Waals surface area contributed by atoms with Crippen LogP contribution in [0.2, 0.25) is 0 Å². The molecule has 1 aromatic heterocycles. The van der Waals surface area contributed by atoms with Crippen LogP contribution in [0.5, 0.6) is 0 Å². The van der Waals surface area contributed by atoms with Gasteiger partial charge >= 0.3 is 5.88 Å². The zero-order chi connectivity index (χ0) is 15.6. The minimum Gasteiger partial charge on any atom is -0.400 e. The van der Waals surface area contributed by atoms with Crippen molar-refractivity contribution in [3.05, 3.63) is 28.0 Å². The second-order valence-electron chi connectivity index (χ2n) is 4.43. The molecule has 1 aliphatic heterocycles. The maximum absolute atomic E-state index is 10.4. The minimum atomic E-state index is -1.54. The molecule has 0 aromatic carbocycles. The van der Waals surface area contributed by atoms with Crippen molar-refractivity contribution < 1.29 is 34.5 Å². The van der Waals surface area contributed by atoms with E-state index in [9.17, 15) is 25.4 Å². The van der Waals surface area contributed by atoms with Gasteiger partial charge in [0.1, 0.15) is 29.3 Å². The fourth-order valence-electron chi connectivity index (χ4n) is 1.91. The molecule has 21 heavy (non-hydrogen) atoms. The van der Waals surface area contributed by atoms with Gasteiger partial charge in [0.2, 0.25) is 0 Å². The van der Waals surface area contributed by atoms with Crippen LogP contribution in [0.15, 0.2) is 21.5 Å². The molecule has 10 heteroatoms. The van der Waals surface area contributed by atoms with Crippen molar-refractivity contribution in [3.63, 3.8) is 0 Å². The molecule has 0 aliphatic carbocycles. The Bertz CT molecular complexity index is 530. The van der Waals surface area contributed by atoms with E-state index in [1.807, 2.05) is 0 Å². The molecule has 1 aliphatic rings. The SMILES string of the molecule is O=[N+]([O-])c1ccc(C=N[C@@H]2[C@@H](O)[C@H](O)[C@@H](CO)O[C@@H]2O)o1. The van der Waals surface area contributed by atoms with Crippen LogP contribution in [-0.4, -0.2) is 68.8 Å². The van der Waals surface area contributed by atoms with Gasteiger partial charge in [-0.25, -0.2) is 0 Å². The highest BCUT2D eigenvalue weighted by Crippen LogP contribution is 2.22. The summed E-state index contributed by atoms with van der Waals surface area (Å²) in [6.07, 6.45) is -4.48. The van der Waals surface area contributed by atoms with Crippen LogP contribution in [0.3, 0.4) is 0 Å². The molecule has 0 radical (unpaired) electrons. The first-order chi connectivity index (χ1) is 9.93.